The van der Waals surface area contributed by atoms with Gasteiger partial charge >= 0.3 is 0 Å². The number of imidazole rings is 2. The number of carbonyl (C=O) groups excluding carboxylic acids is 1. The summed E-state index contributed by atoms with van der Waals surface area (Å²) in [5.41, 5.74) is 4.96. The van der Waals surface area contributed by atoms with Gasteiger partial charge in [0.25, 0.3) is 5.91 Å². The van der Waals surface area contributed by atoms with Gasteiger partial charge in [-0.3, -0.25) is 9.20 Å². The maximum Gasteiger partial charge on any atom is 0.274 e. The van der Waals surface area contributed by atoms with Gasteiger partial charge < -0.3 is 9.88 Å². The first kappa shape index (κ1) is 15.8. The second-order valence-corrected chi connectivity index (χ2v) is 6.82. The molecule has 0 atom stereocenters. The van der Waals surface area contributed by atoms with Crippen LogP contribution in [-0.2, 0) is 13.0 Å². The van der Waals surface area contributed by atoms with E-state index >= 15 is 0 Å². The van der Waals surface area contributed by atoms with E-state index in [0.29, 0.717) is 11.4 Å². The monoisotopic (exact) mass is 357 g/mol. The van der Waals surface area contributed by atoms with E-state index in [-0.39, 0.29) is 5.91 Å². The summed E-state index contributed by atoms with van der Waals surface area (Å²) in [4.78, 5) is 21.9. The van der Waals surface area contributed by atoms with E-state index in [1.807, 2.05) is 60.1 Å². The number of aryl methyl sites for hydroxylation is 2. The van der Waals surface area contributed by atoms with E-state index in [0.717, 1.165) is 47.8 Å². The summed E-state index contributed by atoms with van der Waals surface area (Å²) in [6.07, 6.45) is 5.95. The molecule has 0 unspecified atom stereocenters. The number of fused-ring (bicyclic) bond motifs is 2. The van der Waals surface area contributed by atoms with E-state index in [9.17, 15) is 4.79 Å². The standard InChI is InChI=1S/C21H19N5O/c1-14-20(26-10-3-2-8-19(26)23-14)21(27)24-16-7-4-6-15(12-16)17-13-22-18-9-5-11-25(17)18/h2-4,6-8,10,12-13H,5,9,11H2,1H3,(H,24,27). The Morgan fingerprint density at radius 2 is 2.11 bits per heavy atom. The molecule has 134 valence electrons. The fraction of sp³-hybridized carbons (Fsp3) is 0.190. The zero-order valence-corrected chi connectivity index (χ0v) is 15.0. The quantitative estimate of drug-likeness (QED) is 0.608. The predicted octanol–water partition coefficient (Wildman–Crippen LogP) is 3.70. The third-order valence-electron chi connectivity index (χ3n) is 5.06. The molecule has 6 heteroatoms. The highest BCUT2D eigenvalue weighted by atomic mass is 16.2. The number of aromatic nitrogens is 4. The molecule has 1 N–H and O–H groups in total. The van der Waals surface area contributed by atoms with Crippen LogP contribution in [0.5, 0.6) is 0 Å². The van der Waals surface area contributed by atoms with Crippen LogP contribution in [0.4, 0.5) is 5.69 Å². The number of anilines is 1. The van der Waals surface area contributed by atoms with Crippen LogP contribution >= 0.6 is 0 Å². The topological polar surface area (TPSA) is 64.2 Å². The number of hydrogen-bond donors (Lipinski definition) is 1. The lowest BCUT2D eigenvalue weighted by Crippen LogP contribution is -2.15. The van der Waals surface area contributed by atoms with Gasteiger partial charge in [-0.2, -0.15) is 0 Å². The number of amides is 1. The molecule has 0 saturated heterocycles. The van der Waals surface area contributed by atoms with Crippen LogP contribution < -0.4 is 5.32 Å². The van der Waals surface area contributed by atoms with Crippen molar-refractivity contribution in [3.8, 4) is 11.3 Å². The predicted molar refractivity (Wildman–Crippen MR) is 104 cm³/mol. The molecule has 0 spiro atoms. The van der Waals surface area contributed by atoms with Crippen molar-refractivity contribution >= 4 is 17.2 Å². The summed E-state index contributed by atoms with van der Waals surface area (Å²) in [5, 5.41) is 3.02. The Balaban J connectivity index is 1.47. The Kier molecular flexibility index (Phi) is 3.57. The molecule has 1 amide bonds. The highest BCUT2D eigenvalue weighted by Crippen LogP contribution is 2.27. The molecule has 27 heavy (non-hydrogen) atoms. The Morgan fingerprint density at radius 3 is 3.04 bits per heavy atom. The smallest absolute Gasteiger partial charge is 0.274 e. The number of hydrogen-bond acceptors (Lipinski definition) is 3. The summed E-state index contributed by atoms with van der Waals surface area (Å²) in [5.74, 6) is 0.975. The summed E-state index contributed by atoms with van der Waals surface area (Å²) >= 11 is 0. The van der Waals surface area contributed by atoms with Gasteiger partial charge in [0.15, 0.2) is 0 Å². The average molecular weight is 357 g/mol. The van der Waals surface area contributed by atoms with Gasteiger partial charge in [-0.25, -0.2) is 9.97 Å². The maximum absolute atomic E-state index is 12.9. The minimum Gasteiger partial charge on any atom is -0.328 e. The van der Waals surface area contributed by atoms with Crippen molar-refractivity contribution < 1.29 is 4.79 Å². The SMILES string of the molecule is Cc1nc2ccccn2c1C(=O)Nc1cccc(-c2cnc3n2CCC3)c1. The van der Waals surface area contributed by atoms with Gasteiger partial charge in [-0.1, -0.05) is 18.2 Å². The molecule has 0 bridgehead atoms. The molecule has 0 radical (unpaired) electrons. The Morgan fingerprint density at radius 1 is 1.19 bits per heavy atom. The summed E-state index contributed by atoms with van der Waals surface area (Å²) < 4.78 is 4.08. The van der Waals surface area contributed by atoms with Gasteiger partial charge in [0.2, 0.25) is 0 Å². The van der Waals surface area contributed by atoms with Crippen LogP contribution in [0, 0.1) is 6.92 Å². The third kappa shape index (κ3) is 2.61. The van der Waals surface area contributed by atoms with Crippen LogP contribution in [0.2, 0.25) is 0 Å². The Bertz CT molecular complexity index is 1170. The molecule has 4 aromatic rings. The molecule has 1 aromatic carbocycles. The molecule has 0 saturated carbocycles. The molecule has 4 heterocycles. The van der Waals surface area contributed by atoms with Crippen molar-refractivity contribution in [3.05, 3.63) is 72.1 Å². The summed E-state index contributed by atoms with van der Waals surface area (Å²) in [7, 11) is 0. The Hall–Kier alpha value is -3.41. The van der Waals surface area contributed by atoms with Gasteiger partial charge in [-0.05, 0) is 37.6 Å². The van der Waals surface area contributed by atoms with E-state index in [1.165, 1.54) is 0 Å². The molecular formula is C21H19N5O. The zero-order valence-electron chi connectivity index (χ0n) is 15.0. The van der Waals surface area contributed by atoms with Crippen LogP contribution in [-0.4, -0.2) is 24.8 Å². The molecule has 1 aliphatic rings. The Labute approximate surface area is 156 Å². The first-order chi connectivity index (χ1) is 13.2. The number of carbonyl (C=O) groups is 1. The van der Waals surface area contributed by atoms with E-state index in [4.69, 9.17) is 0 Å². The fourth-order valence-corrected chi connectivity index (χ4v) is 3.82. The summed E-state index contributed by atoms with van der Waals surface area (Å²) in [6.45, 7) is 2.86. The molecule has 0 aliphatic carbocycles. The van der Waals surface area contributed by atoms with Gasteiger partial charge in [0.05, 0.1) is 17.6 Å². The van der Waals surface area contributed by atoms with Crippen molar-refractivity contribution in [2.75, 3.05) is 5.32 Å². The molecule has 0 fully saturated rings. The number of rotatable bonds is 3. The van der Waals surface area contributed by atoms with E-state index in [2.05, 4.69) is 25.9 Å². The highest BCUT2D eigenvalue weighted by molar-refractivity contribution is 6.04. The number of benzene rings is 1. The first-order valence-corrected chi connectivity index (χ1v) is 9.10. The lowest BCUT2D eigenvalue weighted by atomic mass is 10.1. The van der Waals surface area contributed by atoms with Crippen LogP contribution in [0.25, 0.3) is 16.9 Å². The molecular weight excluding hydrogens is 338 g/mol. The second-order valence-electron chi connectivity index (χ2n) is 6.82. The molecule has 3 aromatic heterocycles. The van der Waals surface area contributed by atoms with Gasteiger partial charge in [-0.15, -0.1) is 0 Å². The van der Waals surface area contributed by atoms with Crippen molar-refractivity contribution in [2.45, 2.75) is 26.3 Å². The lowest BCUT2D eigenvalue weighted by molar-refractivity contribution is 0.102. The number of nitrogens with one attached hydrogen (secondary N) is 1. The van der Waals surface area contributed by atoms with Gasteiger partial charge in [0, 0.05) is 30.4 Å². The van der Waals surface area contributed by atoms with Crippen molar-refractivity contribution in [1.82, 2.24) is 18.9 Å². The van der Waals surface area contributed by atoms with Crippen molar-refractivity contribution in [3.63, 3.8) is 0 Å². The normalized spacial score (nSPS) is 13.1. The molecule has 5 rings (SSSR count). The third-order valence-corrected chi connectivity index (χ3v) is 5.06. The fourth-order valence-electron chi connectivity index (χ4n) is 3.82. The van der Waals surface area contributed by atoms with Crippen molar-refractivity contribution in [1.29, 1.82) is 0 Å². The molecule has 6 nitrogen and oxygen atoms in total. The largest absolute Gasteiger partial charge is 0.328 e. The van der Waals surface area contributed by atoms with Crippen LogP contribution in [0.3, 0.4) is 0 Å². The van der Waals surface area contributed by atoms with Crippen LogP contribution in [0.1, 0.15) is 28.4 Å². The van der Waals surface area contributed by atoms with Crippen LogP contribution in [0.15, 0.2) is 54.9 Å². The van der Waals surface area contributed by atoms with E-state index < -0.39 is 0 Å². The zero-order chi connectivity index (χ0) is 18.4. The minimum absolute atomic E-state index is 0.165. The lowest BCUT2D eigenvalue weighted by Gasteiger charge is -2.09. The first-order valence-electron chi connectivity index (χ1n) is 9.10. The average Bonchev–Trinajstić information content (AvgIpc) is 3.34. The van der Waals surface area contributed by atoms with Crippen molar-refractivity contribution in [2.24, 2.45) is 0 Å². The second kappa shape index (κ2) is 6.09. The van der Waals surface area contributed by atoms with E-state index in [1.54, 1.807) is 0 Å². The minimum atomic E-state index is -0.165. The highest BCUT2D eigenvalue weighted by Gasteiger charge is 2.18. The number of nitrogens with zero attached hydrogens (tertiary/aromatic N) is 4. The molecule has 1 aliphatic heterocycles. The maximum atomic E-state index is 12.9. The number of pyridine rings is 1. The summed E-state index contributed by atoms with van der Waals surface area (Å²) in [6, 6.07) is 13.6. The van der Waals surface area contributed by atoms with Gasteiger partial charge in [0.1, 0.15) is 17.2 Å².